The highest BCUT2D eigenvalue weighted by Crippen LogP contribution is 2.29. The Labute approximate surface area is 138 Å². The van der Waals surface area contributed by atoms with Gasteiger partial charge in [0.1, 0.15) is 0 Å². The van der Waals surface area contributed by atoms with Crippen molar-refractivity contribution in [2.45, 2.75) is 13.0 Å². The normalized spacial score (nSPS) is 12.2. The summed E-state index contributed by atoms with van der Waals surface area (Å²) in [7, 11) is 0. The molecule has 1 nitrogen and oxygen atoms in total. The third-order valence-electron chi connectivity index (χ3n) is 2.67. The minimum absolute atomic E-state index is 0.277. The number of hydrogen-bond donors (Lipinski definition) is 1. The van der Waals surface area contributed by atoms with Crippen LogP contribution in [0.25, 0.3) is 0 Å². The molecule has 0 radical (unpaired) electrons. The summed E-state index contributed by atoms with van der Waals surface area (Å²) >= 11 is 9.34. The Morgan fingerprint density at radius 3 is 2.33 bits per heavy atom. The molecule has 18 heavy (non-hydrogen) atoms. The van der Waals surface area contributed by atoms with Gasteiger partial charge in [0.05, 0.1) is 0 Å². The molecule has 94 valence electrons. The first-order valence-electron chi connectivity index (χ1n) is 5.53. The van der Waals surface area contributed by atoms with Crippen molar-refractivity contribution in [2.75, 3.05) is 5.32 Å². The molecule has 0 amide bonds. The van der Waals surface area contributed by atoms with Crippen LogP contribution in [0.5, 0.6) is 0 Å². The van der Waals surface area contributed by atoms with E-state index in [1.165, 1.54) is 9.13 Å². The van der Waals surface area contributed by atoms with E-state index < -0.39 is 0 Å². The molecule has 0 bridgehead atoms. The lowest BCUT2D eigenvalue weighted by Gasteiger charge is -2.17. The van der Waals surface area contributed by atoms with Gasteiger partial charge < -0.3 is 5.32 Å². The Morgan fingerprint density at radius 1 is 1.06 bits per heavy atom. The van der Waals surface area contributed by atoms with Crippen molar-refractivity contribution in [1.29, 1.82) is 0 Å². The predicted octanol–water partition coefficient (Wildman–Crippen LogP) is 5.99. The van der Waals surface area contributed by atoms with E-state index in [0.717, 1.165) is 14.6 Å². The third-order valence-corrected chi connectivity index (χ3v) is 4.54. The van der Waals surface area contributed by atoms with Gasteiger partial charge in [0.2, 0.25) is 0 Å². The van der Waals surface area contributed by atoms with Crippen LogP contribution in [0.2, 0.25) is 0 Å². The van der Waals surface area contributed by atoms with Crippen molar-refractivity contribution >= 4 is 60.1 Å². The number of rotatable bonds is 3. The number of halogens is 3. The molecule has 0 fully saturated rings. The Kier molecular flexibility index (Phi) is 5.09. The van der Waals surface area contributed by atoms with Crippen LogP contribution in [0.4, 0.5) is 5.69 Å². The van der Waals surface area contributed by atoms with Crippen molar-refractivity contribution in [1.82, 2.24) is 0 Å². The molecule has 0 aromatic heterocycles. The second-order valence-corrected chi connectivity index (χ2v) is 7.06. The number of hydrogen-bond acceptors (Lipinski definition) is 1. The molecule has 0 spiro atoms. The molecule has 2 aromatic rings. The minimum Gasteiger partial charge on any atom is -0.378 e. The molecule has 2 aromatic carbocycles. The zero-order valence-electron chi connectivity index (χ0n) is 9.75. The van der Waals surface area contributed by atoms with Gasteiger partial charge in [0, 0.05) is 24.2 Å². The Balaban J connectivity index is 2.15. The Hall–Kier alpha value is -0.0700. The van der Waals surface area contributed by atoms with E-state index in [1.54, 1.807) is 0 Å². The molecular formula is C14H12Br2IN. The lowest BCUT2D eigenvalue weighted by Crippen LogP contribution is -2.06. The van der Waals surface area contributed by atoms with Crippen LogP contribution in [-0.4, -0.2) is 0 Å². The number of anilines is 1. The second kappa shape index (κ2) is 6.39. The van der Waals surface area contributed by atoms with Gasteiger partial charge in [0.25, 0.3) is 0 Å². The largest absolute Gasteiger partial charge is 0.378 e. The van der Waals surface area contributed by atoms with Crippen LogP contribution in [0.1, 0.15) is 18.5 Å². The van der Waals surface area contributed by atoms with Crippen molar-refractivity contribution < 1.29 is 0 Å². The van der Waals surface area contributed by atoms with Gasteiger partial charge in [0.15, 0.2) is 0 Å². The maximum Gasteiger partial charge on any atom is 0.0490 e. The number of benzene rings is 2. The molecule has 1 atom stereocenters. The van der Waals surface area contributed by atoms with Crippen LogP contribution >= 0.6 is 54.5 Å². The van der Waals surface area contributed by atoms with E-state index in [0.29, 0.717) is 0 Å². The lowest BCUT2D eigenvalue weighted by atomic mass is 10.1. The topological polar surface area (TPSA) is 12.0 Å². The number of nitrogens with one attached hydrogen (secondary N) is 1. The smallest absolute Gasteiger partial charge is 0.0490 e. The van der Waals surface area contributed by atoms with Crippen LogP contribution in [-0.2, 0) is 0 Å². The van der Waals surface area contributed by atoms with Crippen molar-refractivity contribution in [3.63, 3.8) is 0 Å². The van der Waals surface area contributed by atoms with Crippen LogP contribution in [0, 0.1) is 3.57 Å². The fourth-order valence-electron chi connectivity index (χ4n) is 1.67. The van der Waals surface area contributed by atoms with E-state index in [4.69, 9.17) is 0 Å². The first kappa shape index (κ1) is 14.3. The van der Waals surface area contributed by atoms with Gasteiger partial charge in [-0.3, -0.25) is 0 Å². The lowest BCUT2D eigenvalue weighted by molar-refractivity contribution is 0.883. The van der Waals surface area contributed by atoms with Crippen LogP contribution in [0.15, 0.2) is 51.4 Å². The van der Waals surface area contributed by atoms with E-state index >= 15 is 0 Å². The predicted molar refractivity (Wildman–Crippen MR) is 93.0 cm³/mol. The first-order valence-corrected chi connectivity index (χ1v) is 8.20. The first-order chi connectivity index (χ1) is 8.56. The average molecular weight is 481 g/mol. The van der Waals surface area contributed by atoms with Crippen LogP contribution < -0.4 is 5.32 Å². The fourth-order valence-corrected chi connectivity index (χ4v) is 3.20. The van der Waals surface area contributed by atoms with Gasteiger partial charge in [-0.2, -0.15) is 0 Å². The van der Waals surface area contributed by atoms with Crippen molar-refractivity contribution in [2.24, 2.45) is 0 Å². The molecule has 0 aliphatic heterocycles. The summed E-state index contributed by atoms with van der Waals surface area (Å²) in [4.78, 5) is 0. The molecule has 4 heteroatoms. The Bertz CT molecular complexity index is 540. The molecule has 1 unspecified atom stereocenters. The Morgan fingerprint density at radius 2 is 1.72 bits per heavy atom. The quantitative estimate of drug-likeness (QED) is 0.532. The van der Waals surface area contributed by atoms with E-state index in [-0.39, 0.29) is 6.04 Å². The maximum atomic E-state index is 3.57. The van der Waals surface area contributed by atoms with Gasteiger partial charge in [-0.25, -0.2) is 0 Å². The summed E-state index contributed by atoms with van der Waals surface area (Å²) < 4.78 is 3.39. The summed E-state index contributed by atoms with van der Waals surface area (Å²) in [5.74, 6) is 0. The van der Waals surface area contributed by atoms with E-state index in [9.17, 15) is 0 Å². The van der Waals surface area contributed by atoms with Gasteiger partial charge in [-0.1, -0.05) is 28.1 Å². The standard InChI is InChI=1S/C14H12Br2IN/c1-9(10-2-5-12(17)6-3-10)18-14-7-4-11(15)8-13(14)16/h2-9,18H,1H3. The highest BCUT2D eigenvalue weighted by Gasteiger charge is 2.07. The van der Waals surface area contributed by atoms with Gasteiger partial charge in [-0.05, 0) is 81.3 Å². The zero-order valence-corrected chi connectivity index (χ0v) is 15.1. The van der Waals surface area contributed by atoms with Gasteiger partial charge >= 0.3 is 0 Å². The SMILES string of the molecule is CC(Nc1ccc(Br)cc1Br)c1ccc(I)cc1. The highest BCUT2D eigenvalue weighted by molar-refractivity contribution is 14.1. The maximum absolute atomic E-state index is 3.57. The zero-order chi connectivity index (χ0) is 13.1. The molecular weight excluding hydrogens is 469 g/mol. The summed E-state index contributed by atoms with van der Waals surface area (Å²) in [5, 5.41) is 3.50. The minimum atomic E-state index is 0.277. The highest BCUT2D eigenvalue weighted by atomic mass is 127. The molecule has 1 N–H and O–H groups in total. The van der Waals surface area contributed by atoms with Crippen molar-refractivity contribution in [3.05, 3.63) is 60.5 Å². The molecule has 0 saturated carbocycles. The molecule has 0 aliphatic rings. The summed E-state index contributed by atoms with van der Waals surface area (Å²) in [5.41, 5.74) is 2.38. The molecule has 2 rings (SSSR count). The van der Waals surface area contributed by atoms with Crippen LogP contribution in [0.3, 0.4) is 0 Å². The summed E-state index contributed by atoms with van der Waals surface area (Å²) in [6.07, 6.45) is 0. The summed E-state index contributed by atoms with van der Waals surface area (Å²) in [6.45, 7) is 2.16. The molecule has 0 aliphatic carbocycles. The van der Waals surface area contributed by atoms with Gasteiger partial charge in [-0.15, -0.1) is 0 Å². The molecule has 0 heterocycles. The van der Waals surface area contributed by atoms with E-state index in [1.807, 2.05) is 12.1 Å². The van der Waals surface area contributed by atoms with Crippen molar-refractivity contribution in [3.8, 4) is 0 Å². The second-order valence-electron chi connectivity index (χ2n) is 4.04. The van der Waals surface area contributed by atoms with E-state index in [2.05, 4.69) is 97.0 Å². The average Bonchev–Trinajstić information content (AvgIpc) is 2.33. The molecule has 0 saturated heterocycles. The third kappa shape index (κ3) is 3.71. The monoisotopic (exact) mass is 479 g/mol. The fraction of sp³-hybridized carbons (Fsp3) is 0.143. The summed E-state index contributed by atoms with van der Waals surface area (Å²) in [6, 6.07) is 15.0.